The van der Waals surface area contributed by atoms with Crippen LogP contribution in [0.5, 0.6) is 0 Å². The molecule has 0 saturated carbocycles. The van der Waals surface area contributed by atoms with Crippen LogP contribution in [0, 0.1) is 12.7 Å². The molecule has 0 aliphatic carbocycles. The van der Waals surface area contributed by atoms with Gasteiger partial charge in [-0.15, -0.1) is 0 Å². The highest BCUT2D eigenvalue weighted by molar-refractivity contribution is 5.75. The van der Waals surface area contributed by atoms with Crippen LogP contribution in [-0.2, 0) is 6.54 Å². The van der Waals surface area contributed by atoms with E-state index >= 15 is 0 Å². The van der Waals surface area contributed by atoms with Crippen molar-refractivity contribution in [2.45, 2.75) is 13.5 Å². The number of anilines is 1. The molecule has 3 heteroatoms. The van der Waals surface area contributed by atoms with Gasteiger partial charge in [0, 0.05) is 19.2 Å². The number of benzene rings is 2. The van der Waals surface area contributed by atoms with E-state index in [1.54, 1.807) is 12.1 Å². The highest BCUT2D eigenvalue weighted by Gasteiger charge is 2.09. The molecule has 0 spiro atoms. The molecule has 0 fully saturated rings. The van der Waals surface area contributed by atoms with E-state index in [2.05, 4.69) is 6.07 Å². The molecule has 2 aromatic rings. The van der Waals surface area contributed by atoms with Gasteiger partial charge in [-0.2, -0.15) is 0 Å². The summed E-state index contributed by atoms with van der Waals surface area (Å²) >= 11 is 0. The Hall–Kier alpha value is -2.16. The van der Waals surface area contributed by atoms with E-state index in [9.17, 15) is 9.18 Å². The quantitative estimate of drug-likeness (QED) is 0.780. The molecular formula is C16H16FNO. The Balaban J connectivity index is 2.20. The minimum absolute atomic E-state index is 0.352. The van der Waals surface area contributed by atoms with Crippen LogP contribution in [0.4, 0.5) is 10.1 Å². The number of aryl methyl sites for hydroxylation is 1. The molecule has 0 aliphatic rings. The van der Waals surface area contributed by atoms with Crippen LogP contribution >= 0.6 is 0 Å². The molecule has 0 atom stereocenters. The van der Waals surface area contributed by atoms with Crippen molar-refractivity contribution in [1.29, 1.82) is 0 Å². The molecule has 19 heavy (non-hydrogen) atoms. The SMILES string of the molecule is Cc1cccc(CN(C)c2ccc(C=O)cc2F)c1. The number of hydrogen-bond donors (Lipinski definition) is 0. The normalized spacial score (nSPS) is 10.3. The molecule has 0 bridgehead atoms. The summed E-state index contributed by atoms with van der Waals surface area (Å²) in [5.74, 6) is -0.375. The number of aldehydes is 1. The van der Waals surface area contributed by atoms with E-state index in [1.165, 1.54) is 11.6 Å². The molecule has 98 valence electrons. The molecule has 0 aliphatic heterocycles. The van der Waals surface area contributed by atoms with Crippen molar-refractivity contribution < 1.29 is 9.18 Å². The minimum Gasteiger partial charge on any atom is -0.368 e. The molecule has 0 amide bonds. The third-order valence-corrected chi connectivity index (χ3v) is 3.02. The fraction of sp³-hybridized carbons (Fsp3) is 0.188. The lowest BCUT2D eigenvalue weighted by Crippen LogP contribution is -2.17. The van der Waals surface area contributed by atoms with Crippen LogP contribution < -0.4 is 4.90 Å². The highest BCUT2D eigenvalue weighted by atomic mass is 19.1. The smallest absolute Gasteiger partial charge is 0.150 e. The number of halogens is 1. The molecule has 0 aromatic heterocycles. The fourth-order valence-electron chi connectivity index (χ4n) is 2.08. The first-order valence-corrected chi connectivity index (χ1v) is 6.11. The van der Waals surface area contributed by atoms with Gasteiger partial charge in [-0.1, -0.05) is 29.8 Å². The average molecular weight is 257 g/mol. The Morgan fingerprint density at radius 1 is 1.21 bits per heavy atom. The van der Waals surface area contributed by atoms with Gasteiger partial charge in [-0.3, -0.25) is 4.79 Å². The van der Waals surface area contributed by atoms with Crippen molar-refractivity contribution in [3.05, 3.63) is 65.0 Å². The van der Waals surface area contributed by atoms with E-state index < -0.39 is 0 Å². The number of nitrogens with zero attached hydrogens (tertiary/aromatic N) is 1. The van der Waals surface area contributed by atoms with E-state index in [4.69, 9.17) is 0 Å². The van der Waals surface area contributed by atoms with E-state index in [-0.39, 0.29) is 5.82 Å². The molecule has 0 unspecified atom stereocenters. The highest BCUT2D eigenvalue weighted by Crippen LogP contribution is 2.21. The van der Waals surface area contributed by atoms with Gasteiger partial charge >= 0.3 is 0 Å². The Kier molecular flexibility index (Phi) is 3.95. The van der Waals surface area contributed by atoms with Gasteiger partial charge in [0.1, 0.15) is 12.1 Å². The van der Waals surface area contributed by atoms with Crippen LogP contribution in [0.1, 0.15) is 21.5 Å². The van der Waals surface area contributed by atoms with Gasteiger partial charge in [0.05, 0.1) is 5.69 Å². The lowest BCUT2D eigenvalue weighted by atomic mass is 10.1. The maximum atomic E-state index is 13.9. The van der Waals surface area contributed by atoms with Gasteiger partial charge in [-0.25, -0.2) is 4.39 Å². The summed E-state index contributed by atoms with van der Waals surface area (Å²) in [5.41, 5.74) is 3.15. The molecule has 0 saturated heterocycles. The zero-order valence-corrected chi connectivity index (χ0v) is 11.1. The summed E-state index contributed by atoms with van der Waals surface area (Å²) in [5, 5.41) is 0. The van der Waals surface area contributed by atoms with Crippen molar-refractivity contribution in [3.8, 4) is 0 Å². The topological polar surface area (TPSA) is 20.3 Å². The van der Waals surface area contributed by atoms with Gasteiger partial charge < -0.3 is 4.90 Å². The molecule has 0 N–H and O–H groups in total. The number of carbonyl (C=O) groups excluding carboxylic acids is 1. The first-order chi connectivity index (χ1) is 9.10. The largest absolute Gasteiger partial charge is 0.368 e. The van der Waals surface area contributed by atoms with Gasteiger partial charge in [-0.05, 0) is 30.7 Å². The Bertz CT molecular complexity index is 595. The zero-order valence-electron chi connectivity index (χ0n) is 11.1. The summed E-state index contributed by atoms with van der Waals surface area (Å²) in [6, 6.07) is 12.6. The van der Waals surface area contributed by atoms with E-state index in [0.717, 1.165) is 5.56 Å². The second kappa shape index (κ2) is 5.65. The maximum absolute atomic E-state index is 13.9. The maximum Gasteiger partial charge on any atom is 0.150 e. The molecular weight excluding hydrogens is 241 g/mol. The first-order valence-electron chi connectivity index (χ1n) is 6.11. The minimum atomic E-state index is -0.375. The average Bonchev–Trinajstić information content (AvgIpc) is 2.38. The standard InChI is InChI=1S/C16H16FNO/c1-12-4-3-5-13(8-12)10-18(2)16-7-6-14(11-19)9-15(16)17/h3-9,11H,10H2,1-2H3. The summed E-state index contributed by atoms with van der Waals surface area (Å²) < 4.78 is 13.9. The Morgan fingerprint density at radius 3 is 2.63 bits per heavy atom. The molecule has 2 nitrogen and oxygen atoms in total. The van der Waals surface area contributed by atoms with Crippen molar-refractivity contribution in [3.63, 3.8) is 0 Å². The number of carbonyl (C=O) groups is 1. The van der Waals surface area contributed by atoms with E-state index in [1.807, 2.05) is 37.1 Å². The molecule has 2 rings (SSSR count). The predicted molar refractivity (Wildman–Crippen MR) is 75.1 cm³/mol. The van der Waals surface area contributed by atoms with Crippen molar-refractivity contribution in [2.24, 2.45) is 0 Å². The summed E-state index contributed by atoms with van der Waals surface area (Å²) in [4.78, 5) is 12.4. The van der Waals surface area contributed by atoms with Crippen LogP contribution in [0.25, 0.3) is 0 Å². The first kappa shape index (κ1) is 13.3. The van der Waals surface area contributed by atoms with Crippen molar-refractivity contribution in [1.82, 2.24) is 0 Å². The van der Waals surface area contributed by atoms with Crippen LogP contribution in [0.3, 0.4) is 0 Å². The van der Waals surface area contributed by atoms with Crippen molar-refractivity contribution >= 4 is 12.0 Å². The monoisotopic (exact) mass is 257 g/mol. The molecule has 0 radical (unpaired) electrons. The second-order valence-corrected chi connectivity index (χ2v) is 4.67. The third-order valence-electron chi connectivity index (χ3n) is 3.02. The Morgan fingerprint density at radius 2 is 2.00 bits per heavy atom. The Labute approximate surface area is 112 Å². The lowest BCUT2D eigenvalue weighted by Gasteiger charge is -2.20. The number of hydrogen-bond acceptors (Lipinski definition) is 2. The zero-order chi connectivity index (χ0) is 13.8. The van der Waals surface area contributed by atoms with Crippen LogP contribution in [0.15, 0.2) is 42.5 Å². The second-order valence-electron chi connectivity index (χ2n) is 4.67. The number of rotatable bonds is 4. The summed E-state index contributed by atoms with van der Waals surface area (Å²) in [6.07, 6.45) is 0.646. The van der Waals surface area contributed by atoms with E-state index in [0.29, 0.717) is 24.1 Å². The van der Waals surface area contributed by atoms with Gasteiger partial charge in [0.2, 0.25) is 0 Å². The lowest BCUT2D eigenvalue weighted by molar-refractivity contribution is 0.112. The third kappa shape index (κ3) is 3.19. The van der Waals surface area contributed by atoms with Gasteiger partial charge in [0.25, 0.3) is 0 Å². The summed E-state index contributed by atoms with van der Waals surface area (Å²) in [6.45, 7) is 2.65. The van der Waals surface area contributed by atoms with Crippen LogP contribution in [-0.4, -0.2) is 13.3 Å². The summed E-state index contributed by atoms with van der Waals surface area (Å²) in [7, 11) is 1.83. The predicted octanol–water partition coefficient (Wildman–Crippen LogP) is 3.58. The molecule has 2 aromatic carbocycles. The van der Waals surface area contributed by atoms with Gasteiger partial charge in [0.15, 0.2) is 0 Å². The van der Waals surface area contributed by atoms with Crippen molar-refractivity contribution in [2.75, 3.05) is 11.9 Å². The fourth-order valence-corrected chi connectivity index (χ4v) is 2.08. The van der Waals surface area contributed by atoms with Crippen LogP contribution in [0.2, 0.25) is 0 Å². The molecule has 0 heterocycles.